The van der Waals surface area contributed by atoms with Gasteiger partial charge in [0.2, 0.25) is 0 Å². The van der Waals surface area contributed by atoms with Crippen LogP contribution in [0.1, 0.15) is 37.4 Å². The second kappa shape index (κ2) is 4.77. The molecule has 0 bridgehead atoms. The van der Waals surface area contributed by atoms with Gasteiger partial charge >= 0.3 is 0 Å². The number of benzene rings is 1. The van der Waals surface area contributed by atoms with Crippen molar-refractivity contribution in [1.82, 2.24) is 0 Å². The van der Waals surface area contributed by atoms with Gasteiger partial charge in [-0.3, -0.25) is 0 Å². The maximum absolute atomic E-state index is 10.4. The quantitative estimate of drug-likeness (QED) is 0.870. The Morgan fingerprint density at radius 3 is 2.35 bits per heavy atom. The molecule has 0 heterocycles. The highest BCUT2D eigenvalue weighted by molar-refractivity contribution is 5.30. The van der Waals surface area contributed by atoms with Crippen molar-refractivity contribution < 1.29 is 9.84 Å². The van der Waals surface area contributed by atoms with E-state index in [2.05, 4.69) is 6.07 Å². The normalized spacial score (nSPS) is 19.6. The summed E-state index contributed by atoms with van der Waals surface area (Å²) < 4.78 is 5.08. The summed E-state index contributed by atoms with van der Waals surface area (Å²) in [5.74, 6) is 0.762. The number of ether oxygens (including phenoxy) is 1. The molecular weight excluding hydrogens is 214 g/mol. The van der Waals surface area contributed by atoms with E-state index in [1.165, 1.54) is 0 Å². The van der Waals surface area contributed by atoms with E-state index < -0.39 is 11.5 Å². The second-order valence-electron chi connectivity index (χ2n) is 4.65. The highest BCUT2D eigenvalue weighted by Gasteiger charge is 2.41. The summed E-state index contributed by atoms with van der Waals surface area (Å²) in [5, 5.41) is 19.7. The van der Waals surface area contributed by atoms with E-state index in [0.29, 0.717) is 0 Å². The van der Waals surface area contributed by atoms with Crippen molar-refractivity contribution in [2.45, 2.75) is 31.8 Å². The van der Waals surface area contributed by atoms with Crippen LogP contribution < -0.4 is 4.74 Å². The molecule has 0 aromatic heterocycles. The Labute approximate surface area is 102 Å². The van der Waals surface area contributed by atoms with Crippen molar-refractivity contribution in [3.8, 4) is 11.8 Å². The smallest absolute Gasteiger partial charge is 0.118 e. The Kier molecular flexibility index (Phi) is 3.35. The first-order valence-electron chi connectivity index (χ1n) is 5.95. The molecule has 3 nitrogen and oxygen atoms in total. The van der Waals surface area contributed by atoms with Crippen molar-refractivity contribution in [3.05, 3.63) is 29.8 Å². The Morgan fingerprint density at radius 2 is 1.88 bits per heavy atom. The van der Waals surface area contributed by atoms with Crippen molar-refractivity contribution >= 4 is 0 Å². The fourth-order valence-corrected chi connectivity index (χ4v) is 2.56. The fraction of sp³-hybridized carbons (Fsp3) is 0.500. The van der Waals surface area contributed by atoms with Gasteiger partial charge in [-0.15, -0.1) is 0 Å². The lowest BCUT2D eigenvalue weighted by Gasteiger charge is -2.27. The number of rotatable bonds is 3. The Morgan fingerprint density at radius 1 is 1.29 bits per heavy atom. The van der Waals surface area contributed by atoms with Crippen LogP contribution >= 0.6 is 0 Å². The highest BCUT2D eigenvalue weighted by Crippen LogP contribution is 2.47. The van der Waals surface area contributed by atoms with Gasteiger partial charge < -0.3 is 9.84 Å². The molecule has 3 heteroatoms. The lowest BCUT2D eigenvalue weighted by Crippen LogP contribution is -2.23. The number of aliphatic hydroxyl groups is 1. The van der Waals surface area contributed by atoms with Crippen LogP contribution in [-0.4, -0.2) is 12.2 Å². The molecule has 1 aliphatic rings. The molecule has 17 heavy (non-hydrogen) atoms. The van der Waals surface area contributed by atoms with Gasteiger partial charge in [0.05, 0.1) is 24.7 Å². The minimum Gasteiger partial charge on any atom is -0.497 e. The summed E-state index contributed by atoms with van der Waals surface area (Å²) >= 11 is 0. The number of hydrogen-bond acceptors (Lipinski definition) is 3. The first-order chi connectivity index (χ1) is 8.22. The minimum atomic E-state index is -0.694. The van der Waals surface area contributed by atoms with Crippen LogP contribution in [0.15, 0.2) is 24.3 Å². The maximum Gasteiger partial charge on any atom is 0.118 e. The zero-order valence-electron chi connectivity index (χ0n) is 10.0. The molecule has 1 unspecified atom stereocenters. The maximum atomic E-state index is 10.4. The van der Waals surface area contributed by atoms with Gasteiger partial charge in [0, 0.05) is 0 Å². The van der Waals surface area contributed by atoms with Crippen LogP contribution in [0, 0.1) is 16.7 Å². The molecule has 0 aliphatic heterocycles. The lowest BCUT2D eigenvalue weighted by molar-refractivity contribution is 0.0670. The molecule has 1 aliphatic carbocycles. The molecule has 0 spiro atoms. The molecular formula is C14H17NO2. The average Bonchev–Trinajstić information content (AvgIpc) is 2.88. The third-order valence-electron chi connectivity index (χ3n) is 3.67. The molecule has 2 rings (SSSR count). The van der Waals surface area contributed by atoms with Gasteiger partial charge in [-0.1, -0.05) is 25.0 Å². The van der Waals surface area contributed by atoms with Crippen LogP contribution in [0.2, 0.25) is 0 Å². The molecule has 1 saturated carbocycles. The van der Waals surface area contributed by atoms with Crippen LogP contribution in [0.3, 0.4) is 0 Å². The van der Waals surface area contributed by atoms with Crippen molar-refractivity contribution in [2.75, 3.05) is 7.11 Å². The van der Waals surface area contributed by atoms with Crippen LogP contribution in [-0.2, 0) is 0 Å². The second-order valence-corrected chi connectivity index (χ2v) is 4.65. The van der Waals surface area contributed by atoms with Gasteiger partial charge in [-0.05, 0) is 30.5 Å². The largest absolute Gasteiger partial charge is 0.497 e. The van der Waals surface area contributed by atoms with E-state index in [0.717, 1.165) is 37.0 Å². The van der Waals surface area contributed by atoms with Crippen LogP contribution in [0.5, 0.6) is 5.75 Å². The number of nitriles is 1. The summed E-state index contributed by atoms with van der Waals surface area (Å²) in [6.07, 6.45) is 2.94. The number of aliphatic hydroxyl groups excluding tert-OH is 1. The van der Waals surface area contributed by atoms with Crippen LogP contribution in [0.4, 0.5) is 0 Å². The first kappa shape index (κ1) is 11.9. The number of nitrogens with zero attached hydrogens (tertiary/aromatic N) is 1. The fourth-order valence-electron chi connectivity index (χ4n) is 2.56. The van der Waals surface area contributed by atoms with E-state index >= 15 is 0 Å². The Bertz CT molecular complexity index is 413. The SMILES string of the molecule is COc1ccc(C(O)C2(C#N)CCCC2)cc1. The van der Waals surface area contributed by atoms with Crippen molar-refractivity contribution in [1.29, 1.82) is 5.26 Å². The summed E-state index contributed by atoms with van der Waals surface area (Å²) in [4.78, 5) is 0. The third kappa shape index (κ3) is 2.13. The van der Waals surface area contributed by atoms with Gasteiger partial charge in [0.15, 0.2) is 0 Å². The summed E-state index contributed by atoms with van der Waals surface area (Å²) in [6.45, 7) is 0. The van der Waals surface area contributed by atoms with E-state index in [1.807, 2.05) is 24.3 Å². The molecule has 0 saturated heterocycles. The standard InChI is InChI=1S/C14H17NO2/c1-17-12-6-4-11(5-7-12)13(16)14(10-15)8-2-3-9-14/h4-7,13,16H,2-3,8-9H2,1H3. The number of methoxy groups -OCH3 is 1. The third-order valence-corrected chi connectivity index (χ3v) is 3.67. The Balaban J connectivity index is 2.23. The van der Waals surface area contributed by atoms with E-state index in [-0.39, 0.29) is 0 Å². The lowest BCUT2D eigenvalue weighted by atomic mass is 9.79. The number of hydrogen-bond donors (Lipinski definition) is 1. The summed E-state index contributed by atoms with van der Waals surface area (Å²) in [5.41, 5.74) is 0.212. The van der Waals surface area contributed by atoms with Gasteiger partial charge in [-0.2, -0.15) is 5.26 Å². The molecule has 1 N–H and O–H groups in total. The van der Waals surface area contributed by atoms with E-state index in [1.54, 1.807) is 7.11 Å². The first-order valence-corrected chi connectivity index (χ1v) is 5.95. The molecule has 0 radical (unpaired) electrons. The molecule has 1 aromatic carbocycles. The summed E-state index contributed by atoms with van der Waals surface area (Å²) in [6, 6.07) is 9.63. The predicted octanol–water partition coefficient (Wildman–Crippen LogP) is 2.81. The molecule has 0 amide bonds. The molecule has 90 valence electrons. The van der Waals surface area contributed by atoms with Crippen LogP contribution in [0.25, 0.3) is 0 Å². The zero-order valence-corrected chi connectivity index (χ0v) is 10.0. The molecule has 1 atom stereocenters. The van der Waals surface area contributed by atoms with Crippen molar-refractivity contribution in [3.63, 3.8) is 0 Å². The van der Waals surface area contributed by atoms with E-state index in [9.17, 15) is 10.4 Å². The van der Waals surface area contributed by atoms with Crippen molar-refractivity contribution in [2.24, 2.45) is 5.41 Å². The Hall–Kier alpha value is -1.53. The average molecular weight is 231 g/mol. The molecule has 1 aromatic rings. The minimum absolute atomic E-state index is 0.589. The van der Waals surface area contributed by atoms with E-state index in [4.69, 9.17) is 4.74 Å². The zero-order chi connectivity index (χ0) is 12.3. The summed E-state index contributed by atoms with van der Waals surface area (Å²) in [7, 11) is 1.61. The topological polar surface area (TPSA) is 53.2 Å². The predicted molar refractivity (Wildman–Crippen MR) is 64.5 cm³/mol. The van der Waals surface area contributed by atoms with Gasteiger partial charge in [0.1, 0.15) is 5.75 Å². The highest BCUT2D eigenvalue weighted by atomic mass is 16.5. The molecule has 1 fully saturated rings. The monoisotopic (exact) mass is 231 g/mol. The van der Waals surface area contributed by atoms with Gasteiger partial charge in [0.25, 0.3) is 0 Å². The van der Waals surface area contributed by atoms with Gasteiger partial charge in [-0.25, -0.2) is 0 Å².